The van der Waals surface area contributed by atoms with Crippen LogP contribution < -0.4 is 0 Å². The molecule has 84 valence electrons. The van der Waals surface area contributed by atoms with Crippen molar-refractivity contribution in [1.29, 1.82) is 0 Å². The Labute approximate surface area is 88.4 Å². The Morgan fingerprint density at radius 2 is 1.79 bits per heavy atom. The Kier molecular flexibility index (Phi) is 7.00. The molecule has 0 bridgehead atoms. The highest BCUT2D eigenvalue weighted by Crippen LogP contribution is 2.13. The van der Waals surface area contributed by atoms with Gasteiger partial charge in [0.2, 0.25) is 0 Å². The molecule has 1 N–H and O–H groups in total. The number of aliphatic carboxylic acids is 1. The second kappa shape index (κ2) is 7.11. The van der Waals surface area contributed by atoms with Gasteiger partial charge in [0.25, 0.3) is 0 Å². The summed E-state index contributed by atoms with van der Waals surface area (Å²) in [5.74, 6) is -0.165. The first-order chi connectivity index (χ1) is 6.42. The van der Waals surface area contributed by atoms with Crippen molar-refractivity contribution in [2.45, 2.75) is 32.1 Å². The number of hydrogen-bond acceptors (Lipinski definition) is 4. The number of carboxylic acids is 1. The Morgan fingerprint density at radius 1 is 1.21 bits per heavy atom. The SMILES string of the molecule is CS(=O)(=O)SCCCCCCC(=O)O. The molecule has 0 spiro atoms. The molecule has 0 aromatic rings. The zero-order valence-electron chi connectivity index (χ0n) is 8.23. The average Bonchev–Trinajstić information content (AvgIpc) is 2.00. The van der Waals surface area contributed by atoms with Crippen molar-refractivity contribution < 1.29 is 18.3 Å². The summed E-state index contributed by atoms with van der Waals surface area (Å²) in [7, 11) is -1.95. The van der Waals surface area contributed by atoms with Crippen LogP contribution in [0, 0.1) is 0 Å². The van der Waals surface area contributed by atoms with Crippen molar-refractivity contribution in [2.75, 3.05) is 12.0 Å². The molecule has 0 unspecified atom stereocenters. The predicted octanol–water partition coefficient (Wildman–Crippen LogP) is 1.71. The molecule has 0 amide bonds. The van der Waals surface area contributed by atoms with E-state index in [1.807, 2.05) is 0 Å². The van der Waals surface area contributed by atoms with Gasteiger partial charge >= 0.3 is 5.97 Å². The highest BCUT2D eigenvalue weighted by Gasteiger charge is 2.01. The summed E-state index contributed by atoms with van der Waals surface area (Å²) in [6.45, 7) is 0. The molecule has 0 atom stereocenters. The molecule has 0 heterocycles. The maximum atomic E-state index is 10.7. The molecule has 14 heavy (non-hydrogen) atoms. The third kappa shape index (κ3) is 11.8. The van der Waals surface area contributed by atoms with Crippen LogP contribution in [0.4, 0.5) is 0 Å². The monoisotopic (exact) mass is 240 g/mol. The van der Waals surface area contributed by atoms with Gasteiger partial charge in [0.05, 0.1) is 0 Å². The molecule has 0 saturated heterocycles. The Bertz CT molecular complexity index is 259. The second-order valence-corrected chi connectivity index (χ2v) is 7.66. The minimum atomic E-state index is -2.91. The van der Waals surface area contributed by atoms with Gasteiger partial charge in [0.1, 0.15) is 0 Å². The third-order valence-corrected chi connectivity index (χ3v) is 4.25. The number of carboxylic acid groups (broad SMARTS) is 1. The molecule has 0 aliphatic carbocycles. The fraction of sp³-hybridized carbons (Fsp3) is 0.875. The number of rotatable bonds is 8. The Morgan fingerprint density at radius 3 is 2.29 bits per heavy atom. The summed E-state index contributed by atoms with van der Waals surface area (Å²) in [5, 5.41) is 8.34. The lowest BCUT2D eigenvalue weighted by molar-refractivity contribution is -0.137. The Hall–Kier alpha value is -0.230. The Balaban J connectivity index is 3.19. The first-order valence-corrected chi connectivity index (χ1v) is 7.87. The molecular formula is C8H16O4S2. The molecule has 4 nitrogen and oxygen atoms in total. The lowest BCUT2D eigenvalue weighted by atomic mass is 10.2. The van der Waals surface area contributed by atoms with E-state index in [2.05, 4.69) is 0 Å². The van der Waals surface area contributed by atoms with Crippen LogP contribution in [0.3, 0.4) is 0 Å². The number of hydrogen-bond donors (Lipinski definition) is 1. The quantitative estimate of drug-likeness (QED) is 0.516. The zero-order chi connectivity index (χ0) is 11.0. The maximum absolute atomic E-state index is 10.7. The molecule has 0 fully saturated rings. The number of carbonyl (C=O) groups is 1. The van der Waals surface area contributed by atoms with Gasteiger partial charge < -0.3 is 5.11 Å². The summed E-state index contributed by atoms with van der Waals surface area (Å²) in [5.41, 5.74) is 0. The van der Waals surface area contributed by atoms with Crippen LogP contribution in [0.5, 0.6) is 0 Å². The van der Waals surface area contributed by atoms with Crippen LogP contribution >= 0.6 is 10.8 Å². The van der Waals surface area contributed by atoms with Gasteiger partial charge in [0.15, 0.2) is 8.87 Å². The lowest BCUT2D eigenvalue weighted by Crippen LogP contribution is -1.94. The zero-order valence-corrected chi connectivity index (χ0v) is 9.86. The molecule has 0 saturated carbocycles. The predicted molar refractivity (Wildman–Crippen MR) is 58.0 cm³/mol. The van der Waals surface area contributed by atoms with Crippen LogP contribution in [-0.4, -0.2) is 31.5 Å². The van der Waals surface area contributed by atoms with Crippen LogP contribution in [0.25, 0.3) is 0 Å². The van der Waals surface area contributed by atoms with E-state index < -0.39 is 14.8 Å². The van der Waals surface area contributed by atoms with Gasteiger partial charge in [-0.15, -0.1) is 0 Å². The van der Waals surface area contributed by atoms with Gasteiger partial charge in [-0.05, 0) is 23.6 Å². The fourth-order valence-corrected chi connectivity index (χ4v) is 2.83. The molecule has 0 aromatic heterocycles. The lowest BCUT2D eigenvalue weighted by Gasteiger charge is -1.99. The molecule has 0 rings (SSSR count). The van der Waals surface area contributed by atoms with Gasteiger partial charge in [-0.3, -0.25) is 4.79 Å². The summed E-state index contributed by atoms with van der Waals surface area (Å²) < 4.78 is 21.4. The summed E-state index contributed by atoms with van der Waals surface area (Å²) in [6, 6.07) is 0. The second-order valence-electron chi connectivity index (χ2n) is 3.08. The van der Waals surface area contributed by atoms with E-state index in [4.69, 9.17) is 5.11 Å². The van der Waals surface area contributed by atoms with Crippen molar-refractivity contribution in [1.82, 2.24) is 0 Å². The normalized spacial score (nSPS) is 11.5. The fourth-order valence-electron chi connectivity index (χ4n) is 0.942. The van der Waals surface area contributed by atoms with Crippen LogP contribution in [0.1, 0.15) is 32.1 Å². The van der Waals surface area contributed by atoms with E-state index in [9.17, 15) is 13.2 Å². The topological polar surface area (TPSA) is 71.4 Å². The van der Waals surface area contributed by atoms with Crippen molar-refractivity contribution in [3.63, 3.8) is 0 Å². The van der Waals surface area contributed by atoms with Crippen LogP contribution in [-0.2, 0) is 13.7 Å². The van der Waals surface area contributed by atoms with E-state index in [0.717, 1.165) is 30.1 Å². The largest absolute Gasteiger partial charge is 0.481 e. The van der Waals surface area contributed by atoms with Gasteiger partial charge in [0, 0.05) is 18.4 Å². The van der Waals surface area contributed by atoms with Crippen molar-refractivity contribution in [3.05, 3.63) is 0 Å². The van der Waals surface area contributed by atoms with E-state index in [1.54, 1.807) is 0 Å². The average molecular weight is 240 g/mol. The smallest absolute Gasteiger partial charge is 0.303 e. The van der Waals surface area contributed by atoms with Gasteiger partial charge in [-0.25, -0.2) is 8.42 Å². The third-order valence-electron chi connectivity index (χ3n) is 1.58. The van der Waals surface area contributed by atoms with Crippen molar-refractivity contribution >= 4 is 25.6 Å². The standard InChI is InChI=1S/C8H16O4S2/c1-14(11,12)13-7-5-3-2-4-6-8(9)10/h2-7H2,1H3,(H,9,10). The van der Waals surface area contributed by atoms with E-state index >= 15 is 0 Å². The summed E-state index contributed by atoms with van der Waals surface area (Å²) >= 11 is 0. The summed E-state index contributed by atoms with van der Waals surface area (Å²) in [6.07, 6.45) is 4.67. The van der Waals surface area contributed by atoms with Crippen LogP contribution in [0.15, 0.2) is 0 Å². The highest BCUT2D eigenvalue weighted by molar-refractivity contribution is 8.71. The summed E-state index contributed by atoms with van der Waals surface area (Å²) in [4.78, 5) is 10.1. The van der Waals surface area contributed by atoms with Crippen molar-refractivity contribution in [3.8, 4) is 0 Å². The molecule has 0 radical (unpaired) electrons. The van der Waals surface area contributed by atoms with Gasteiger partial charge in [-0.2, -0.15) is 0 Å². The molecular weight excluding hydrogens is 224 g/mol. The van der Waals surface area contributed by atoms with E-state index in [1.165, 1.54) is 6.26 Å². The van der Waals surface area contributed by atoms with Crippen molar-refractivity contribution in [2.24, 2.45) is 0 Å². The van der Waals surface area contributed by atoms with Crippen LogP contribution in [0.2, 0.25) is 0 Å². The van der Waals surface area contributed by atoms with Gasteiger partial charge in [-0.1, -0.05) is 12.8 Å². The highest BCUT2D eigenvalue weighted by atomic mass is 33.1. The number of unbranched alkanes of at least 4 members (excludes halogenated alkanes) is 3. The van der Waals surface area contributed by atoms with E-state index in [-0.39, 0.29) is 6.42 Å². The minimum absolute atomic E-state index is 0.208. The van der Waals surface area contributed by atoms with E-state index in [0.29, 0.717) is 12.2 Å². The maximum Gasteiger partial charge on any atom is 0.303 e. The minimum Gasteiger partial charge on any atom is -0.481 e. The first kappa shape index (κ1) is 13.8. The molecule has 6 heteroatoms. The molecule has 0 aliphatic heterocycles. The first-order valence-electron chi connectivity index (χ1n) is 4.48. The molecule has 0 aromatic carbocycles. The molecule has 0 aliphatic rings.